The fourth-order valence-electron chi connectivity index (χ4n) is 4.51. The van der Waals surface area contributed by atoms with Gasteiger partial charge in [0.2, 0.25) is 11.9 Å². The van der Waals surface area contributed by atoms with Crippen molar-refractivity contribution in [1.29, 1.82) is 0 Å². The number of benzene rings is 2. The zero-order chi connectivity index (χ0) is 39.5. The van der Waals surface area contributed by atoms with Crippen LogP contribution in [-0.4, -0.2) is 64.6 Å². The number of aromatic nitrogens is 7. The molecule has 0 saturated carbocycles. The van der Waals surface area contributed by atoms with Gasteiger partial charge in [-0.1, -0.05) is 57.7 Å². The maximum atomic E-state index is 11.6. The number of hydrogen-bond donors (Lipinski definition) is 3. The van der Waals surface area contributed by atoms with E-state index in [-0.39, 0.29) is 251 Å². The van der Waals surface area contributed by atoms with Gasteiger partial charge in [-0.25, -0.2) is 0 Å². The van der Waals surface area contributed by atoms with E-state index in [2.05, 4.69) is 65.0 Å². The predicted molar refractivity (Wildman–Crippen MR) is 186 cm³/mol. The number of rotatable bonds is 14. The Labute approximate surface area is 509 Å². The van der Waals surface area contributed by atoms with Crippen molar-refractivity contribution in [3.8, 4) is 5.95 Å². The number of hydrogen-bond acceptors (Lipinski definition) is 21. The van der Waals surface area contributed by atoms with Gasteiger partial charge in [0.05, 0.1) is 29.6 Å². The van der Waals surface area contributed by atoms with Crippen LogP contribution in [0.3, 0.4) is 0 Å². The summed E-state index contributed by atoms with van der Waals surface area (Å²) in [6.45, 7) is 9.69. The number of carbonyl (C=O) groups excluding carboxylic acids is 4. The minimum Gasteiger partial charge on any atom is -0.545 e. The number of anilines is 5. The van der Waals surface area contributed by atoms with E-state index < -0.39 is 51.5 Å². The molecule has 0 aliphatic heterocycles. The van der Waals surface area contributed by atoms with Gasteiger partial charge in [-0.3, -0.25) is 0 Å². The first kappa shape index (κ1) is 56.0. The van der Waals surface area contributed by atoms with Crippen LogP contribution in [0.2, 0.25) is 0 Å². The van der Waals surface area contributed by atoms with Crippen LogP contribution < -0.4 is 242 Å². The largest absolute Gasteiger partial charge is 1.00 e. The van der Waals surface area contributed by atoms with Gasteiger partial charge in [-0.05, 0) is 64.6 Å². The standard InChI is InChI=1S/C32H32N12O8S2.4K/c1-13(2)12-53-31-42-41-30(54-31)40-39-20-21(32(3,4)5)43-44(22(20)33)29-37-27(34-18-8-14(23(45)46)6-15(9-18)24(47)48)36-28(38-29)35-19-10-16(25(49)50)7-17(11-19)26(51)52;;;;/h6-11,13H,12,33H2,1-5H3,(H,45,46)(H,47,48)(H,49,50)(H,51,52)(H2,34,35,36,37,38);;;;/q;4*+1/p-4. The van der Waals surface area contributed by atoms with E-state index in [0.29, 0.717) is 16.0 Å². The van der Waals surface area contributed by atoms with Crippen LogP contribution in [-0.2, 0) is 5.41 Å². The summed E-state index contributed by atoms with van der Waals surface area (Å²) >= 11 is 2.77. The van der Waals surface area contributed by atoms with E-state index in [4.69, 9.17) is 5.73 Å². The molecule has 0 atom stereocenters. The molecule has 26 heteroatoms. The second-order valence-corrected chi connectivity index (χ2v) is 15.0. The molecule has 0 aliphatic carbocycles. The van der Waals surface area contributed by atoms with E-state index in [9.17, 15) is 39.6 Å². The third kappa shape index (κ3) is 15.4. The van der Waals surface area contributed by atoms with Crippen molar-refractivity contribution in [3.63, 3.8) is 0 Å². The Morgan fingerprint density at radius 1 is 0.759 bits per heavy atom. The monoisotopic (exact) mass is 928 g/mol. The van der Waals surface area contributed by atoms with Crippen LogP contribution in [0.15, 0.2) is 51.0 Å². The minimum absolute atomic E-state index is 0. The molecule has 3 heterocycles. The predicted octanol–water partition coefficient (Wildman–Crippen LogP) is -11.1. The number of nitrogens with two attached hydrogens (primary N) is 1. The maximum Gasteiger partial charge on any atom is 1.00 e. The minimum atomic E-state index is -1.68. The number of aromatic carboxylic acids is 4. The molecule has 4 N–H and O–H groups in total. The third-order valence-corrected chi connectivity index (χ3v) is 9.28. The molecule has 5 rings (SSSR count). The Bertz CT molecular complexity index is 2180. The van der Waals surface area contributed by atoms with Crippen LogP contribution in [0.5, 0.6) is 0 Å². The summed E-state index contributed by atoms with van der Waals surface area (Å²) in [4.78, 5) is 59.5. The van der Waals surface area contributed by atoms with Crippen molar-refractivity contribution in [2.24, 2.45) is 16.1 Å². The third-order valence-electron chi connectivity index (χ3n) is 6.91. The second kappa shape index (κ2) is 24.7. The van der Waals surface area contributed by atoms with E-state index in [1.54, 1.807) is 0 Å². The van der Waals surface area contributed by atoms with Gasteiger partial charge in [-0.15, -0.1) is 20.4 Å². The molecule has 0 bridgehead atoms. The van der Waals surface area contributed by atoms with E-state index >= 15 is 0 Å². The fourth-order valence-corrected chi connectivity index (χ4v) is 6.15. The first-order chi connectivity index (χ1) is 25.4. The topological polar surface area (TPSA) is 318 Å². The molecule has 0 amide bonds. The molecular weight excluding hydrogens is 901 g/mol. The van der Waals surface area contributed by atoms with Crippen molar-refractivity contribution in [3.05, 3.63) is 64.3 Å². The normalized spacial score (nSPS) is 10.8. The summed E-state index contributed by atoms with van der Waals surface area (Å²) in [7, 11) is 0. The van der Waals surface area contributed by atoms with Crippen molar-refractivity contribution < 1.29 is 245 Å². The summed E-state index contributed by atoms with van der Waals surface area (Å²) in [5, 5.41) is 73.6. The smallest absolute Gasteiger partial charge is 0.545 e. The number of carbonyl (C=O) groups is 4. The summed E-state index contributed by atoms with van der Waals surface area (Å²) in [6, 6.07) is 5.86. The van der Waals surface area contributed by atoms with Crippen LogP contribution in [0.1, 0.15) is 81.7 Å². The zero-order valence-electron chi connectivity index (χ0n) is 32.9. The van der Waals surface area contributed by atoms with Crippen molar-refractivity contribution >= 4 is 86.9 Å². The number of nitrogen functional groups attached to an aromatic ring is 1. The van der Waals surface area contributed by atoms with Gasteiger partial charge in [0.15, 0.2) is 15.8 Å². The Morgan fingerprint density at radius 3 is 1.60 bits per heavy atom. The quantitative estimate of drug-likeness (QED) is 0.0529. The second-order valence-electron chi connectivity index (χ2n) is 12.8. The van der Waals surface area contributed by atoms with Crippen molar-refractivity contribution in [2.75, 3.05) is 22.1 Å². The first-order valence-electron chi connectivity index (χ1n) is 15.6. The summed E-state index contributed by atoms with van der Waals surface area (Å²) < 4.78 is 1.81. The van der Waals surface area contributed by atoms with Crippen molar-refractivity contribution in [2.45, 2.75) is 44.4 Å². The van der Waals surface area contributed by atoms with Gasteiger partial charge < -0.3 is 56.0 Å². The zero-order valence-corrected chi connectivity index (χ0v) is 47.1. The first-order valence-corrected chi connectivity index (χ1v) is 17.4. The number of thioether (sulfide) groups is 1. The molecule has 0 radical (unpaired) electrons. The van der Waals surface area contributed by atoms with Gasteiger partial charge in [0, 0.05) is 22.5 Å². The Morgan fingerprint density at radius 2 is 1.21 bits per heavy atom. The molecule has 2 aromatic carbocycles. The molecule has 3 aromatic heterocycles. The number of nitrogens with zero attached hydrogens (tertiary/aromatic N) is 9. The maximum absolute atomic E-state index is 11.6. The Hall–Kier alpha value is -0.00455. The molecule has 20 nitrogen and oxygen atoms in total. The van der Waals surface area contributed by atoms with Crippen LogP contribution in [0.25, 0.3) is 5.95 Å². The molecule has 5 aromatic rings. The molecule has 0 saturated heterocycles. The average molecular weight is 929 g/mol. The molecule has 0 spiro atoms. The molecular formula is C32H28K4N12O8S2. The van der Waals surface area contributed by atoms with Crippen LogP contribution in [0, 0.1) is 5.92 Å². The summed E-state index contributed by atoms with van der Waals surface area (Å²) in [5.41, 5.74) is 4.10. The number of nitrogens with one attached hydrogen (secondary N) is 2. The molecule has 0 aliphatic rings. The molecule has 280 valence electrons. The number of carboxylic acids is 4. The van der Waals surface area contributed by atoms with Gasteiger partial charge >= 0.3 is 206 Å². The van der Waals surface area contributed by atoms with E-state index in [1.165, 1.54) is 23.1 Å². The van der Waals surface area contributed by atoms with Crippen LogP contribution >= 0.6 is 23.1 Å². The summed E-state index contributed by atoms with van der Waals surface area (Å²) in [6.07, 6.45) is 0. The SMILES string of the molecule is CC(C)CSc1nnc(N=Nc2c(C(C)(C)C)nn(-c3nc(Nc4cc(C(=O)[O-])cc(C(=O)[O-])c4)nc(Nc4cc(C(=O)[O-])cc(C(=O)[O-])c4)n3)c2N)s1.[K+].[K+].[K+].[K+]. The Balaban J connectivity index is 0.00000420. The number of carboxylic acid groups (broad SMARTS) is 4. The molecule has 0 fully saturated rings. The van der Waals surface area contributed by atoms with Crippen molar-refractivity contribution in [1.82, 2.24) is 34.9 Å². The number of azo groups is 1. The fraction of sp³-hybridized carbons (Fsp3) is 0.250. The molecule has 0 unspecified atom stereocenters. The van der Waals surface area contributed by atoms with Gasteiger partial charge in [0.25, 0.3) is 11.1 Å². The van der Waals surface area contributed by atoms with Gasteiger partial charge in [0.1, 0.15) is 0 Å². The summed E-state index contributed by atoms with van der Waals surface area (Å²) in [5.74, 6) is -6.52. The van der Waals surface area contributed by atoms with E-state index in [1.807, 2.05) is 20.8 Å². The average Bonchev–Trinajstić information content (AvgIpc) is 3.69. The molecule has 58 heavy (non-hydrogen) atoms. The van der Waals surface area contributed by atoms with E-state index in [0.717, 1.165) is 46.8 Å². The van der Waals surface area contributed by atoms with Gasteiger partial charge in [-0.2, -0.15) is 24.7 Å². The van der Waals surface area contributed by atoms with Crippen LogP contribution in [0.4, 0.5) is 39.9 Å². The Kier molecular flexibility index (Phi) is 23.9.